The molecule has 0 amide bonds. The van der Waals surface area contributed by atoms with Crippen molar-refractivity contribution in [1.29, 1.82) is 0 Å². The van der Waals surface area contributed by atoms with Gasteiger partial charge in [0, 0.05) is 23.5 Å². The van der Waals surface area contributed by atoms with Gasteiger partial charge in [-0.1, -0.05) is 0 Å². The summed E-state index contributed by atoms with van der Waals surface area (Å²) in [4.78, 5) is 17.6. The monoisotopic (exact) mass is 237 g/mol. The van der Waals surface area contributed by atoms with E-state index >= 15 is 0 Å². The summed E-state index contributed by atoms with van der Waals surface area (Å²) in [6, 6.07) is 4.65. The molecule has 6 heteroatoms. The van der Waals surface area contributed by atoms with Crippen molar-refractivity contribution in [2.24, 2.45) is 0 Å². The maximum atomic E-state index is 12.9. The van der Waals surface area contributed by atoms with Crippen LogP contribution in [0.25, 0.3) is 0 Å². The quantitative estimate of drug-likeness (QED) is 0.840. The second-order valence-corrected chi connectivity index (χ2v) is 3.49. The number of anilines is 2. The van der Waals surface area contributed by atoms with Crippen LogP contribution in [-0.2, 0) is 0 Å². The topological polar surface area (TPSA) is 57.8 Å². The summed E-state index contributed by atoms with van der Waals surface area (Å²) >= 11 is 0. The Morgan fingerprint density at radius 3 is 2.65 bits per heavy atom. The molecule has 4 nitrogen and oxygen atoms in total. The van der Waals surface area contributed by atoms with Crippen molar-refractivity contribution in [1.82, 2.24) is 9.97 Å². The van der Waals surface area contributed by atoms with Gasteiger partial charge in [-0.15, -0.1) is 0 Å². The zero-order valence-electron chi connectivity index (χ0n) is 8.92. The Morgan fingerprint density at radius 1 is 1.24 bits per heavy atom. The zero-order valence-corrected chi connectivity index (χ0v) is 8.92. The molecule has 0 aliphatic heterocycles. The number of hydrogen-bond donors (Lipinski definition) is 2. The van der Waals surface area contributed by atoms with Crippen LogP contribution >= 0.6 is 0 Å². The van der Waals surface area contributed by atoms with E-state index in [2.05, 4.69) is 15.3 Å². The molecule has 0 unspecified atom stereocenters. The van der Waals surface area contributed by atoms with E-state index < -0.39 is 11.6 Å². The SMILES string of the molecule is Cc1cc(=O)[nH]c(Nc2ccc(F)c(F)c2)n1. The molecular formula is C11H9F2N3O. The minimum absolute atomic E-state index is 0.181. The van der Waals surface area contributed by atoms with Gasteiger partial charge in [-0.05, 0) is 19.1 Å². The van der Waals surface area contributed by atoms with Crippen LogP contribution in [0.5, 0.6) is 0 Å². The predicted octanol–water partition coefficient (Wildman–Crippen LogP) is 2.10. The fourth-order valence-corrected chi connectivity index (χ4v) is 1.35. The summed E-state index contributed by atoms with van der Waals surface area (Å²) in [7, 11) is 0. The van der Waals surface area contributed by atoms with Crippen molar-refractivity contribution in [2.75, 3.05) is 5.32 Å². The number of benzene rings is 1. The van der Waals surface area contributed by atoms with Crippen LogP contribution in [0.3, 0.4) is 0 Å². The summed E-state index contributed by atoms with van der Waals surface area (Å²) in [5.41, 5.74) is 0.513. The molecule has 1 aromatic carbocycles. The highest BCUT2D eigenvalue weighted by Gasteiger charge is 2.04. The van der Waals surface area contributed by atoms with Gasteiger partial charge in [0.05, 0.1) is 0 Å². The van der Waals surface area contributed by atoms with Gasteiger partial charge in [0.25, 0.3) is 5.56 Å². The third kappa shape index (κ3) is 2.66. The highest BCUT2D eigenvalue weighted by atomic mass is 19.2. The summed E-state index contributed by atoms with van der Waals surface area (Å²) in [5.74, 6) is -1.72. The number of aryl methyl sites for hydroxylation is 1. The average molecular weight is 237 g/mol. The molecule has 88 valence electrons. The molecule has 0 bridgehead atoms. The van der Waals surface area contributed by atoms with Crippen molar-refractivity contribution in [2.45, 2.75) is 6.92 Å². The summed E-state index contributed by atoms with van der Waals surface area (Å²) in [6.45, 7) is 1.66. The van der Waals surface area contributed by atoms with Gasteiger partial charge < -0.3 is 5.32 Å². The number of halogens is 2. The fraction of sp³-hybridized carbons (Fsp3) is 0.0909. The zero-order chi connectivity index (χ0) is 12.4. The van der Waals surface area contributed by atoms with Crippen LogP contribution < -0.4 is 10.9 Å². The Bertz CT molecular complexity index is 610. The molecule has 0 spiro atoms. The molecule has 0 saturated carbocycles. The maximum Gasteiger partial charge on any atom is 0.252 e. The van der Waals surface area contributed by atoms with E-state index in [1.165, 1.54) is 12.1 Å². The first-order valence-corrected chi connectivity index (χ1v) is 4.84. The Balaban J connectivity index is 2.31. The third-order valence-corrected chi connectivity index (χ3v) is 2.05. The van der Waals surface area contributed by atoms with Gasteiger partial charge in [-0.25, -0.2) is 13.8 Å². The van der Waals surface area contributed by atoms with Gasteiger partial charge in [0.2, 0.25) is 5.95 Å². The van der Waals surface area contributed by atoms with Gasteiger partial charge >= 0.3 is 0 Å². The van der Waals surface area contributed by atoms with Gasteiger partial charge in [0.1, 0.15) is 0 Å². The minimum atomic E-state index is -0.968. The van der Waals surface area contributed by atoms with E-state index in [9.17, 15) is 13.6 Å². The molecule has 2 rings (SSSR count). The predicted molar refractivity (Wildman–Crippen MR) is 59.2 cm³/mol. The van der Waals surface area contributed by atoms with Crippen LogP contribution in [0.1, 0.15) is 5.69 Å². The lowest BCUT2D eigenvalue weighted by molar-refractivity contribution is 0.509. The second kappa shape index (κ2) is 4.32. The molecule has 0 aliphatic carbocycles. The molecule has 2 aromatic rings. The number of hydrogen-bond acceptors (Lipinski definition) is 3. The fourth-order valence-electron chi connectivity index (χ4n) is 1.35. The van der Waals surface area contributed by atoms with E-state index in [-0.39, 0.29) is 11.5 Å². The summed E-state index contributed by atoms with van der Waals surface area (Å²) < 4.78 is 25.6. The highest BCUT2D eigenvalue weighted by Crippen LogP contribution is 2.15. The van der Waals surface area contributed by atoms with Gasteiger partial charge in [-0.3, -0.25) is 9.78 Å². The average Bonchev–Trinajstić information content (AvgIpc) is 2.22. The Labute approximate surface area is 95.3 Å². The molecule has 17 heavy (non-hydrogen) atoms. The van der Waals surface area contributed by atoms with Gasteiger partial charge in [-0.2, -0.15) is 0 Å². The van der Waals surface area contributed by atoms with Crippen LogP contribution in [0, 0.1) is 18.6 Å². The Hall–Kier alpha value is -2.24. The number of nitrogens with one attached hydrogen (secondary N) is 2. The Morgan fingerprint density at radius 2 is 2.00 bits per heavy atom. The first-order valence-electron chi connectivity index (χ1n) is 4.84. The number of H-pyrrole nitrogens is 1. The standard InChI is InChI=1S/C11H9F2N3O/c1-6-4-10(17)16-11(14-6)15-7-2-3-8(12)9(13)5-7/h2-5H,1H3,(H2,14,15,16,17). The lowest BCUT2D eigenvalue weighted by Gasteiger charge is -2.05. The highest BCUT2D eigenvalue weighted by molar-refractivity contribution is 5.52. The maximum absolute atomic E-state index is 12.9. The van der Waals surface area contributed by atoms with Crippen molar-refractivity contribution in [3.63, 3.8) is 0 Å². The molecular weight excluding hydrogens is 228 g/mol. The lowest BCUT2D eigenvalue weighted by atomic mass is 10.3. The molecule has 0 radical (unpaired) electrons. The minimum Gasteiger partial charge on any atom is -0.326 e. The summed E-state index contributed by atoms with van der Waals surface area (Å²) in [5, 5.41) is 2.68. The van der Waals surface area contributed by atoms with Crippen molar-refractivity contribution < 1.29 is 8.78 Å². The molecule has 0 aliphatic rings. The smallest absolute Gasteiger partial charge is 0.252 e. The van der Waals surface area contributed by atoms with E-state index in [0.29, 0.717) is 11.4 Å². The van der Waals surface area contributed by atoms with Crippen molar-refractivity contribution in [3.05, 3.63) is 51.9 Å². The first kappa shape index (κ1) is 11.3. The first-order chi connectivity index (χ1) is 8.04. The Kier molecular flexibility index (Phi) is 2.86. The molecule has 2 N–H and O–H groups in total. The van der Waals surface area contributed by atoms with Crippen molar-refractivity contribution in [3.8, 4) is 0 Å². The molecule has 1 aromatic heterocycles. The number of nitrogens with zero attached hydrogens (tertiary/aromatic N) is 1. The van der Waals surface area contributed by atoms with Crippen LogP contribution in [0.4, 0.5) is 20.4 Å². The van der Waals surface area contributed by atoms with Crippen LogP contribution in [-0.4, -0.2) is 9.97 Å². The van der Waals surface area contributed by atoms with Crippen LogP contribution in [0.15, 0.2) is 29.1 Å². The normalized spacial score (nSPS) is 10.3. The van der Waals surface area contributed by atoms with E-state index in [0.717, 1.165) is 12.1 Å². The molecule has 0 saturated heterocycles. The van der Waals surface area contributed by atoms with E-state index in [1.54, 1.807) is 6.92 Å². The number of rotatable bonds is 2. The van der Waals surface area contributed by atoms with E-state index in [4.69, 9.17) is 0 Å². The van der Waals surface area contributed by atoms with E-state index in [1.807, 2.05) is 0 Å². The second-order valence-electron chi connectivity index (χ2n) is 3.49. The summed E-state index contributed by atoms with van der Waals surface area (Å²) in [6.07, 6.45) is 0. The van der Waals surface area contributed by atoms with Crippen molar-refractivity contribution >= 4 is 11.6 Å². The third-order valence-electron chi connectivity index (χ3n) is 2.05. The van der Waals surface area contributed by atoms with Crippen LogP contribution in [0.2, 0.25) is 0 Å². The van der Waals surface area contributed by atoms with Gasteiger partial charge in [0.15, 0.2) is 11.6 Å². The molecule has 1 heterocycles. The molecule has 0 atom stereocenters. The number of aromatic nitrogens is 2. The molecule has 0 fully saturated rings. The number of aromatic amines is 1. The largest absolute Gasteiger partial charge is 0.326 e. The lowest BCUT2D eigenvalue weighted by Crippen LogP contribution is -2.10.